The quantitative estimate of drug-likeness (QED) is 0.851. The summed E-state index contributed by atoms with van der Waals surface area (Å²) >= 11 is 1.51. The van der Waals surface area contributed by atoms with Crippen LogP contribution in [0.3, 0.4) is 0 Å². The zero-order valence-electron chi connectivity index (χ0n) is 12.4. The average molecular weight is 333 g/mol. The van der Waals surface area contributed by atoms with Crippen LogP contribution in [0, 0.1) is 0 Å². The lowest BCUT2D eigenvalue weighted by molar-refractivity contribution is -0.152. The first kappa shape index (κ1) is 15.4. The lowest BCUT2D eigenvalue weighted by Gasteiger charge is -2.13. The fourth-order valence-corrected chi connectivity index (χ4v) is 2.74. The van der Waals surface area contributed by atoms with Gasteiger partial charge in [0.2, 0.25) is 6.79 Å². The van der Waals surface area contributed by atoms with Gasteiger partial charge in [0.1, 0.15) is 0 Å². The van der Waals surface area contributed by atoms with Gasteiger partial charge in [-0.15, -0.1) is 0 Å². The van der Waals surface area contributed by atoms with Crippen molar-refractivity contribution >= 4 is 28.9 Å². The van der Waals surface area contributed by atoms with E-state index in [-0.39, 0.29) is 13.2 Å². The second kappa shape index (κ2) is 6.70. The summed E-state index contributed by atoms with van der Waals surface area (Å²) in [5.74, 6) is 0.377. The monoisotopic (exact) mass is 333 g/mol. The molecule has 2 aromatic rings. The molecule has 2 heterocycles. The van der Waals surface area contributed by atoms with Crippen molar-refractivity contribution in [1.29, 1.82) is 0 Å². The number of hydrogen-bond donors (Lipinski definition) is 1. The number of fused-ring (bicyclic) bond motifs is 1. The Balaban J connectivity index is 1.54. The van der Waals surface area contributed by atoms with E-state index < -0.39 is 18.0 Å². The summed E-state index contributed by atoms with van der Waals surface area (Å²) < 4.78 is 15.6. The molecule has 0 aliphatic carbocycles. The van der Waals surface area contributed by atoms with Crippen LogP contribution in [-0.2, 0) is 20.7 Å². The molecule has 0 saturated carbocycles. The molecular formula is C16H15NO5S. The fourth-order valence-electron chi connectivity index (χ4n) is 2.07. The number of hydrogen-bond acceptors (Lipinski definition) is 6. The first-order valence-corrected chi connectivity index (χ1v) is 7.97. The Labute approximate surface area is 137 Å². The van der Waals surface area contributed by atoms with Crippen LogP contribution in [0.5, 0.6) is 11.5 Å². The van der Waals surface area contributed by atoms with Gasteiger partial charge in [0.05, 0.1) is 6.42 Å². The summed E-state index contributed by atoms with van der Waals surface area (Å²) in [5, 5.41) is 6.45. The van der Waals surface area contributed by atoms with E-state index in [4.69, 9.17) is 14.2 Å². The summed E-state index contributed by atoms with van der Waals surface area (Å²) in [6.45, 7) is 1.71. The highest BCUT2D eigenvalue weighted by Crippen LogP contribution is 2.34. The molecule has 0 fully saturated rings. The van der Waals surface area contributed by atoms with Crippen LogP contribution in [-0.4, -0.2) is 24.8 Å². The van der Waals surface area contributed by atoms with Crippen LogP contribution in [0.25, 0.3) is 0 Å². The maximum atomic E-state index is 12.1. The van der Waals surface area contributed by atoms with Gasteiger partial charge in [-0.05, 0) is 41.4 Å². The Morgan fingerprint density at radius 1 is 1.30 bits per heavy atom. The second-order valence-corrected chi connectivity index (χ2v) is 5.78. The molecule has 1 aromatic carbocycles. The van der Waals surface area contributed by atoms with Gasteiger partial charge in [0, 0.05) is 11.8 Å². The number of carbonyl (C=O) groups is 2. The number of esters is 1. The average Bonchev–Trinajstić information content (AvgIpc) is 3.17. The molecule has 6 nitrogen and oxygen atoms in total. The van der Waals surface area contributed by atoms with Gasteiger partial charge in [-0.3, -0.25) is 9.59 Å². The van der Waals surface area contributed by atoms with Crippen molar-refractivity contribution in [1.82, 2.24) is 0 Å². The first-order chi connectivity index (χ1) is 11.1. The van der Waals surface area contributed by atoms with Crippen molar-refractivity contribution in [2.24, 2.45) is 0 Å². The number of ether oxygens (including phenoxy) is 3. The molecule has 1 aliphatic rings. The SMILES string of the molecule is C[C@H](OC(=O)Cc1ccsc1)C(=O)Nc1ccc2c(c1)OCO2. The first-order valence-electron chi connectivity index (χ1n) is 7.03. The minimum absolute atomic E-state index is 0.158. The number of nitrogens with one attached hydrogen (secondary N) is 1. The van der Waals surface area contributed by atoms with E-state index in [1.165, 1.54) is 18.3 Å². The molecule has 1 aromatic heterocycles. The van der Waals surface area contributed by atoms with Gasteiger partial charge in [-0.1, -0.05) is 0 Å². The second-order valence-electron chi connectivity index (χ2n) is 5.00. The van der Waals surface area contributed by atoms with Gasteiger partial charge in [0.25, 0.3) is 5.91 Å². The third-order valence-electron chi connectivity index (χ3n) is 3.25. The highest BCUT2D eigenvalue weighted by molar-refractivity contribution is 7.07. The number of anilines is 1. The molecule has 0 radical (unpaired) electrons. The van der Waals surface area contributed by atoms with E-state index in [2.05, 4.69) is 5.32 Å². The topological polar surface area (TPSA) is 73.9 Å². The molecule has 0 bridgehead atoms. The van der Waals surface area contributed by atoms with Crippen molar-refractivity contribution < 1.29 is 23.8 Å². The van der Waals surface area contributed by atoms with Crippen molar-refractivity contribution in [2.45, 2.75) is 19.4 Å². The third-order valence-corrected chi connectivity index (χ3v) is 3.98. The molecule has 0 unspecified atom stereocenters. The van der Waals surface area contributed by atoms with E-state index in [0.717, 1.165) is 5.56 Å². The van der Waals surface area contributed by atoms with Crippen LogP contribution in [0.2, 0.25) is 0 Å². The minimum atomic E-state index is -0.883. The van der Waals surface area contributed by atoms with Gasteiger partial charge >= 0.3 is 5.97 Å². The molecular weight excluding hydrogens is 318 g/mol. The molecule has 1 N–H and O–H groups in total. The Morgan fingerprint density at radius 2 is 2.13 bits per heavy atom. The molecule has 3 rings (SSSR count). The van der Waals surface area contributed by atoms with Gasteiger partial charge in [-0.2, -0.15) is 11.3 Å². The predicted octanol–water partition coefficient (Wildman–Crippen LogP) is 2.59. The zero-order chi connectivity index (χ0) is 16.2. The maximum absolute atomic E-state index is 12.1. The van der Waals surface area contributed by atoms with Crippen LogP contribution in [0.15, 0.2) is 35.0 Å². The van der Waals surface area contributed by atoms with Gasteiger partial charge < -0.3 is 19.5 Å². The molecule has 0 saturated heterocycles. The van der Waals surface area contributed by atoms with Crippen molar-refractivity contribution in [3.05, 3.63) is 40.6 Å². The van der Waals surface area contributed by atoms with E-state index in [1.54, 1.807) is 18.2 Å². The van der Waals surface area contributed by atoms with Gasteiger partial charge in [0.15, 0.2) is 17.6 Å². The summed E-state index contributed by atoms with van der Waals surface area (Å²) in [6.07, 6.45) is -0.725. The summed E-state index contributed by atoms with van der Waals surface area (Å²) in [5.41, 5.74) is 1.43. The number of benzene rings is 1. The van der Waals surface area contributed by atoms with Crippen LogP contribution < -0.4 is 14.8 Å². The summed E-state index contributed by atoms with van der Waals surface area (Å²) in [4.78, 5) is 23.9. The molecule has 0 spiro atoms. The lowest BCUT2D eigenvalue weighted by atomic mass is 10.2. The predicted molar refractivity (Wildman–Crippen MR) is 84.8 cm³/mol. The van der Waals surface area contributed by atoms with Crippen molar-refractivity contribution in [3.63, 3.8) is 0 Å². The van der Waals surface area contributed by atoms with Crippen molar-refractivity contribution in [2.75, 3.05) is 12.1 Å². The van der Waals surface area contributed by atoms with E-state index in [0.29, 0.717) is 17.2 Å². The van der Waals surface area contributed by atoms with Crippen LogP contribution in [0.1, 0.15) is 12.5 Å². The van der Waals surface area contributed by atoms with E-state index in [1.807, 2.05) is 16.8 Å². The molecule has 7 heteroatoms. The molecule has 1 atom stereocenters. The van der Waals surface area contributed by atoms with Crippen molar-refractivity contribution in [3.8, 4) is 11.5 Å². The summed E-state index contributed by atoms with van der Waals surface area (Å²) in [7, 11) is 0. The largest absolute Gasteiger partial charge is 0.454 e. The Hall–Kier alpha value is -2.54. The van der Waals surface area contributed by atoms with Gasteiger partial charge in [-0.25, -0.2) is 0 Å². The highest BCUT2D eigenvalue weighted by Gasteiger charge is 2.20. The number of rotatable bonds is 5. The number of carbonyl (C=O) groups excluding carboxylic acids is 2. The van der Waals surface area contributed by atoms with E-state index >= 15 is 0 Å². The summed E-state index contributed by atoms with van der Waals surface area (Å²) in [6, 6.07) is 6.93. The Morgan fingerprint density at radius 3 is 2.91 bits per heavy atom. The number of thiophene rings is 1. The normalized spacial score (nSPS) is 13.4. The standard InChI is InChI=1S/C16H15NO5S/c1-10(22-15(18)6-11-4-5-23-8-11)16(19)17-12-2-3-13-14(7-12)21-9-20-13/h2-5,7-8,10H,6,9H2,1H3,(H,17,19)/t10-/m0/s1. The van der Waals surface area contributed by atoms with Crippen LogP contribution >= 0.6 is 11.3 Å². The smallest absolute Gasteiger partial charge is 0.311 e. The third kappa shape index (κ3) is 3.81. The molecule has 23 heavy (non-hydrogen) atoms. The number of amides is 1. The zero-order valence-corrected chi connectivity index (χ0v) is 13.2. The minimum Gasteiger partial charge on any atom is -0.454 e. The van der Waals surface area contributed by atoms with Crippen LogP contribution in [0.4, 0.5) is 5.69 Å². The molecule has 1 amide bonds. The Kier molecular flexibility index (Phi) is 4.47. The fraction of sp³-hybridized carbons (Fsp3) is 0.250. The Bertz CT molecular complexity index is 713. The van der Waals surface area contributed by atoms with E-state index in [9.17, 15) is 9.59 Å². The lowest BCUT2D eigenvalue weighted by Crippen LogP contribution is -2.30. The molecule has 120 valence electrons. The maximum Gasteiger partial charge on any atom is 0.311 e. The highest BCUT2D eigenvalue weighted by atomic mass is 32.1. The molecule has 1 aliphatic heterocycles.